The SMILES string of the molecule is COc1cc2c(cc1O)[C@@H]1C[C@H](C[C@H]3CCCCN31)OC(=O)CCc1ccc(cc1)O2. The first-order chi connectivity index (χ1) is 15.1. The zero-order valence-electron chi connectivity index (χ0n) is 17.9. The molecule has 4 bridgehead atoms. The Bertz CT molecular complexity index is 957. The number of phenolic OH excluding ortho intramolecular Hbond substituents is 1. The first-order valence-electron chi connectivity index (χ1n) is 11.2. The van der Waals surface area contributed by atoms with Crippen molar-refractivity contribution in [1.82, 2.24) is 4.90 Å². The van der Waals surface area contributed by atoms with Crippen LogP contribution in [0.2, 0.25) is 0 Å². The fourth-order valence-electron chi connectivity index (χ4n) is 5.29. The summed E-state index contributed by atoms with van der Waals surface area (Å²) in [7, 11) is 1.54. The summed E-state index contributed by atoms with van der Waals surface area (Å²) in [4.78, 5) is 15.1. The second-order valence-electron chi connectivity index (χ2n) is 8.79. The number of hydrogen-bond donors (Lipinski definition) is 1. The molecule has 6 nitrogen and oxygen atoms in total. The molecular formula is C25H29NO5. The van der Waals surface area contributed by atoms with Crippen molar-refractivity contribution in [3.63, 3.8) is 0 Å². The smallest absolute Gasteiger partial charge is 0.306 e. The predicted molar refractivity (Wildman–Crippen MR) is 116 cm³/mol. The average Bonchev–Trinajstić information content (AvgIpc) is 2.78. The molecule has 2 fully saturated rings. The molecule has 6 rings (SSSR count). The molecule has 2 saturated heterocycles. The van der Waals surface area contributed by atoms with E-state index in [1.54, 1.807) is 12.1 Å². The predicted octanol–water partition coefficient (Wildman–Crippen LogP) is 4.74. The molecule has 31 heavy (non-hydrogen) atoms. The Morgan fingerprint density at radius 2 is 1.94 bits per heavy atom. The van der Waals surface area contributed by atoms with Gasteiger partial charge in [0, 0.05) is 43.0 Å². The number of esters is 1. The summed E-state index contributed by atoms with van der Waals surface area (Å²) in [6.07, 6.45) is 5.92. The third kappa shape index (κ3) is 4.09. The van der Waals surface area contributed by atoms with E-state index in [1.807, 2.05) is 24.3 Å². The number of carbonyl (C=O) groups excluding carboxylic acids is 1. The van der Waals surface area contributed by atoms with Gasteiger partial charge in [0.2, 0.25) is 0 Å². The van der Waals surface area contributed by atoms with Crippen molar-refractivity contribution >= 4 is 5.97 Å². The van der Waals surface area contributed by atoms with Crippen LogP contribution in [0.25, 0.3) is 0 Å². The highest BCUT2D eigenvalue weighted by Gasteiger charge is 2.40. The van der Waals surface area contributed by atoms with Crippen LogP contribution in [0.3, 0.4) is 0 Å². The lowest BCUT2D eigenvalue weighted by atomic mass is 9.84. The number of fused-ring (bicyclic) bond motifs is 6. The Morgan fingerprint density at radius 1 is 1.10 bits per heavy atom. The maximum atomic E-state index is 12.6. The number of ether oxygens (including phenoxy) is 3. The largest absolute Gasteiger partial charge is 0.504 e. The zero-order chi connectivity index (χ0) is 21.4. The number of benzene rings is 2. The summed E-state index contributed by atoms with van der Waals surface area (Å²) in [6.45, 7) is 0.997. The molecule has 3 atom stereocenters. The van der Waals surface area contributed by atoms with Crippen LogP contribution in [0.1, 0.15) is 55.7 Å². The van der Waals surface area contributed by atoms with Gasteiger partial charge in [0.1, 0.15) is 17.6 Å². The van der Waals surface area contributed by atoms with Gasteiger partial charge in [-0.2, -0.15) is 0 Å². The van der Waals surface area contributed by atoms with Gasteiger partial charge in [-0.15, -0.1) is 0 Å². The molecule has 2 aromatic rings. The number of aryl methyl sites for hydroxylation is 1. The summed E-state index contributed by atoms with van der Waals surface area (Å²) in [5, 5.41) is 10.6. The first kappa shape index (κ1) is 20.2. The van der Waals surface area contributed by atoms with Gasteiger partial charge in [-0.1, -0.05) is 18.6 Å². The molecule has 4 heterocycles. The number of rotatable bonds is 1. The van der Waals surface area contributed by atoms with Crippen LogP contribution in [0.5, 0.6) is 23.0 Å². The molecular weight excluding hydrogens is 394 g/mol. The molecule has 0 saturated carbocycles. The maximum absolute atomic E-state index is 12.6. The fourth-order valence-corrected chi connectivity index (χ4v) is 5.29. The second kappa shape index (κ2) is 8.42. The standard InChI is InChI=1S/C25H29NO5/c1-29-24-15-23-20(14-22(24)27)21-13-19(12-17-4-2-3-11-26(17)21)31-25(28)10-7-16-5-8-18(30-23)9-6-16/h5-6,8-9,14-15,17,19,21,27H,2-4,7,10-13H2,1H3/t17-,19+,21+/m1/s1. The summed E-state index contributed by atoms with van der Waals surface area (Å²) >= 11 is 0. The lowest BCUT2D eigenvalue weighted by Gasteiger charge is -2.47. The number of hydrogen-bond acceptors (Lipinski definition) is 6. The van der Waals surface area contributed by atoms with Gasteiger partial charge in [0.05, 0.1) is 7.11 Å². The molecule has 6 heteroatoms. The van der Waals surface area contributed by atoms with Crippen molar-refractivity contribution in [3.05, 3.63) is 47.5 Å². The molecule has 4 aliphatic heterocycles. The van der Waals surface area contributed by atoms with E-state index < -0.39 is 0 Å². The number of methoxy groups -OCH3 is 1. The number of nitrogens with zero attached hydrogens (tertiary/aromatic N) is 1. The van der Waals surface area contributed by atoms with Gasteiger partial charge >= 0.3 is 5.97 Å². The highest BCUT2D eigenvalue weighted by atomic mass is 16.5. The molecule has 2 aromatic carbocycles. The summed E-state index contributed by atoms with van der Waals surface area (Å²) < 4.78 is 17.6. The van der Waals surface area contributed by atoms with Crippen LogP contribution < -0.4 is 9.47 Å². The Balaban J connectivity index is 1.61. The van der Waals surface area contributed by atoms with Crippen molar-refractivity contribution in [1.29, 1.82) is 0 Å². The molecule has 1 N–H and O–H groups in total. The van der Waals surface area contributed by atoms with Gasteiger partial charge in [-0.05, 0) is 49.6 Å². The Hall–Kier alpha value is -2.73. The van der Waals surface area contributed by atoms with E-state index in [0.29, 0.717) is 36.8 Å². The second-order valence-corrected chi connectivity index (χ2v) is 8.79. The fraction of sp³-hybridized carbons (Fsp3) is 0.480. The number of phenols is 1. The molecule has 0 aromatic heterocycles. The normalized spacial score (nSPS) is 26.1. The first-order valence-corrected chi connectivity index (χ1v) is 11.2. The highest BCUT2D eigenvalue weighted by Crippen LogP contribution is 2.46. The zero-order valence-corrected chi connectivity index (χ0v) is 17.9. The molecule has 0 aliphatic carbocycles. The lowest BCUT2D eigenvalue weighted by molar-refractivity contribution is -0.154. The Labute approximate surface area is 182 Å². The lowest BCUT2D eigenvalue weighted by Crippen LogP contribution is -2.49. The molecule has 0 spiro atoms. The van der Waals surface area contributed by atoms with E-state index in [0.717, 1.165) is 42.7 Å². The van der Waals surface area contributed by atoms with Crippen LogP contribution in [-0.2, 0) is 16.0 Å². The van der Waals surface area contributed by atoms with E-state index >= 15 is 0 Å². The Kier molecular flexibility index (Phi) is 5.48. The van der Waals surface area contributed by atoms with E-state index in [-0.39, 0.29) is 23.9 Å². The van der Waals surface area contributed by atoms with E-state index in [9.17, 15) is 9.90 Å². The van der Waals surface area contributed by atoms with Gasteiger partial charge in [-0.3, -0.25) is 9.69 Å². The third-order valence-electron chi connectivity index (χ3n) is 6.83. The monoisotopic (exact) mass is 423 g/mol. The van der Waals surface area contributed by atoms with Crippen LogP contribution in [-0.4, -0.2) is 41.8 Å². The molecule has 0 radical (unpaired) electrons. The van der Waals surface area contributed by atoms with E-state index in [4.69, 9.17) is 14.2 Å². The van der Waals surface area contributed by atoms with Gasteiger partial charge < -0.3 is 19.3 Å². The van der Waals surface area contributed by atoms with Crippen LogP contribution in [0.4, 0.5) is 0 Å². The van der Waals surface area contributed by atoms with E-state index in [1.165, 1.54) is 13.5 Å². The molecule has 0 unspecified atom stereocenters. The van der Waals surface area contributed by atoms with Crippen molar-refractivity contribution in [2.24, 2.45) is 0 Å². The highest BCUT2D eigenvalue weighted by molar-refractivity contribution is 5.70. The van der Waals surface area contributed by atoms with Crippen LogP contribution in [0, 0.1) is 0 Å². The van der Waals surface area contributed by atoms with Crippen molar-refractivity contribution < 1.29 is 24.1 Å². The third-order valence-corrected chi connectivity index (χ3v) is 6.83. The minimum Gasteiger partial charge on any atom is -0.504 e. The van der Waals surface area contributed by atoms with Crippen LogP contribution >= 0.6 is 0 Å². The van der Waals surface area contributed by atoms with Crippen molar-refractivity contribution in [3.8, 4) is 23.0 Å². The summed E-state index contributed by atoms with van der Waals surface area (Å²) in [6, 6.07) is 11.7. The van der Waals surface area contributed by atoms with Crippen LogP contribution in [0.15, 0.2) is 36.4 Å². The summed E-state index contributed by atoms with van der Waals surface area (Å²) in [5.74, 6) is 1.73. The number of aromatic hydroxyl groups is 1. The molecule has 4 aliphatic rings. The average molecular weight is 424 g/mol. The van der Waals surface area contributed by atoms with Crippen molar-refractivity contribution in [2.45, 2.75) is 63.1 Å². The summed E-state index contributed by atoms with van der Waals surface area (Å²) in [5.41, 5.74) is 1.98. The minimum atomic E-state index is -0.136. The van der Waals surface area contributed by atoms with Gasteiger partial charge in [0.25, 0.3) is 0 Å². The van der Waals surface area contributed by atoms with Gasteiger partial charge in [0.15, 0.2) is 11.5 Å². The molecule has 164 valence electrons. The minimum absolute atomic E-state index is 0.00544. The van der Waals surface area contributed by atoms with E-state index in [2.05, 4.69) is 4.90 Å². The maximum Gasteiger partial charge on any atom is 0.306 e. The molecule has 0 amide bonds. The van der Waals surface area contributed by atoms with Crippen molar-refractivity contribution in [2.75, 3.05) is 13.7 Å². The number of piperidine rings is 2. The quantitative estimate of drug-likeness (QED) is 0.668. The topological polar surface area (TPSA) is 68.2 Å². The Morgan fingerprint density at radius 3 is 2.74 bits per heavy atom. The van der Waals surface area contributed by atoms with Gasteiger partial charge in [-0.25, -0.2) is 0 Å². The number of carbonyl (C=O) groups is 1.